The third-order valence-corrected chi connectivity index (χ3v) is 20.8. The van der Waals surface area contributed by atoms with Crippen molar-refractivity contribution in [1.29, 1.82) is 0 Å². The number of nitrogens with two attached hydrogens (primary N) is 1. The highest BCUT2D eigenvalue weighted by Gasteiger charge is 2.70. The van der Waals surface area contributed by atoms with E-state index in [1.807, 2.05) is 0 Å². The molecule has 7 saturated carbocycles. The highest BCUT2D eigenvalue weighted by atomic mass is 16.6. The van der Waals surface area contributed by atoms with Gasteiger partial charge in [0.25, 0.3) is 0 Å². The van der Waals surface area contributed by atoms with Crippen molar-refractivity contribution in [3.8, 4) is 0 Å². The van der Waals surface area contributed by atoms with Crippen LogP contribution in [0.15, 0.2) is 0 Å². The maximum absolute atomic E-state index is 13.3. The number of carbonyl (C=O) groups excluding carboxylic acids is 2. The number of aliphatic hydroxyl groups excluding tert-OH is 4. The number of fused-ring (bicyclic) bond motifs is 8. The fourth-order valence-corrected chi connectivity index (χ4v) is 17.3. The largest absolute Gasteiger partial charge is 0.393 e. The van der Waals surface area contributed by atoms with Crippen LogP contribution in [0.2, 0.25) is 0 Å². The summed E-state index contributed by atoms with van der Waals surface area (Å²) in [5.41, 5.74) is -1.05. The number of amides is 2. The molecule has 7 fully saturated rings. The van der Waals surface area contributed by atoms with Gasteiger partial charge in [0.05, 0.1) is 42.7 Å². The Hall–Kier alpha value is -1.34. The first-order valence-electron chi connectivity index (χ1n) is 25.5. The SMILES string of the molecule is CC(CCC(=O)NCCCC(CON)NC(=O)CCC(C)C1CCC2(O)C3C(O)CC4CC(O)CC4(C)C3CCC12C)C1CCC2C(O)C3CC(O)CCC3(C)C2CCC1(C)C. The summed E-state index contributed by atoms with van der Waals surface area (Å²) in [6.07, 6.45) is 14.8. The summed E-state index contributed by atoms with van der Waals surface area (Å²) in [5, 5.41) is 63.0. The molecule has 0 aromatic carbocycles. The van der Waals surface area contributed by atoms with Crippen molar-refractivity contribution in [3.63, 3.8) is 0 Å². The average molecular weight is 872 g/mol. The minimum atomic E-state index is -0.948. The standard InChI is InChI=1S/C51H89N3O8/c1-30(37-13-12-36-39(17-20-47(37,3)4)48(5)21-16-34(55)27-41(48)46(36)60)10-14-43(58)53-24-8-9-33(29-62-52)54-44(59)15-11-31(2)38-19-23-51(61)45-40(18-22-50(38,51)7)49(6)28-35(56)25-32(49)26-42(45)57/h30-42,45-46,55-57,60-61H,8-29,52H2,1-7H3,(H,53,58)(H,54,59). The Kier molecular flexibility index (Phi) is 14.7. The fraction of sp³-hybridized carbons (Fsp3) is 0.961. The predicted octanol–water partition coefficient (Wildman–Crippen LogP) is 6.80. The molecule has 0 saturated heterocycles. The summed E-state index contributed by atoms with van der Waals surface area (Å²) in [7, 11) is 0. The van der Waals surface area contributed by atoms with Crippen LogP contribution in [0.3, 0.4) is 0 Å². The summed E-state index contributed by atoms with van der Waals surface area (Å²) >= 11 is 0. The Bertz CT molecular complexity index is 1560. The molecule has 0 aromatic rings. The Morgan fingerprint density at radius 1 is 0.726 bits per heavy atom. The van der Waals surface area contributed by atoms with Gasteiger partial charge in [0, 0.05) is 25.3 Å². The highest BCUT2D eigenvalue weighted by molar-refractivity contribution is 5.76. The number of nitrogens with one attached hydrogen (secondary N) is 2. The van der Waals surface area contributed by atoms with E-state index in [9.17, 15) is 35.1 Å². The molecule has 11 heteroatoms. The molecule has 0 aromatic heterocycles. The van der Waals surface area contributed by atoms with E-state index in [0.717, 1.165) is 83.5 Å². The van der Waals surface area contributed by atoms with Crippen LogP contribution in [0, 0.1) is 80.8 Å². The zero-order chi connectivity index (χ0) is 45.0. The minimum Gasteiger partial charge on any atom is -0.393 e. The smallest absolute Gasteiger partial charge is 0.220 e. The number of carbonyl (C=O) groups is 2. The molecule has 7 aliphatic rings. The number of hydrogen-bond donors (Lipinski definition) is 8. The lowest BCUT2D eigenvalue weighted by atomic mass is 9.44. The van der Waals surface area contributed by atoms with Crippen molar-refractivity contribution in [3.05, 3.63) is 0 Å². The van der Waals surface area contributed by atoms with Gasteiger partial charge in [-0.3, -0.25) is 9.59 Å². The van der Waals surface area contributed by atoms with Gasteiger partial charge in [-0.2, -0.15) is 0 Å². The van der Waals surface area contributed by atoms with Gasteiger partial charge in [-0.25, -0.2) is 5.90 Å². The molecule has 11 nitrogen and oxygen atoms in total. The summed E-state index contributed by atoms with van der Waals surface area (Å²) in [6.45, 7) is 17.0. The van der Waals surface area contributed by atoms with Gasteiger partial charge < -0.3 is 41.0 Å². The van der Waals surface area contributed by atoms with Crippen LogP contribution in [0.1, 0.15) is 177 Å². The average Bonchev–Trinajstić information content (AvgIpc) is 3.74. The topological polar surface area (TPSA) is 195 Å². The van der Waals surface area contributed by atoms with Gasteiger partial charge in [0.2, 0.25) is 11.8 Å². The normalized spacial score (nSPS) is 46.1. The zero-order valence-corrected chi connectivity index (χ0v) is 39.8. The first-order chi connectivity index (χ1) is 29.2. The Morgan fingerprint density at radius 2 is 1.42 bits per heavy atom. The van der Waals surface area contributed by atoms with Crippen LogP contribution in [0.4, 0.5) is 0 Å². The third-order valence-electron chi connectivity index (χ3n) is 20.8. The lowest BCUT2D eigenvalue weighted by molar-refractivity contribution is -0.232. The Balaban J connectivity index is 0.825. The van der Waals surface area contributed by atoms with Gasteiger partial charge >= 0.3 is 0 Å². The van der Waals surface area contributed by atoms with Crippen molar-refractivity contribution < 1.29 is 40.0 Å². The van der Waals surface area contributed by atoms with Gasteiger partial charge in [-0.1, -0.05) is 48.5 Å². The quantitative estimate of drug-likeness (QED) is 0.0646. The molecule has 0 aliphatic heterocycles. The molecule has 0 bridgehead atoms. The summed E-state index contributed by atoms with van der Waals surface area (Å²) in [4.78, 5) is 31.4. The van der Waals surface area contributed by atoms with E-state index >= 15 is 0 Å². The molecule has 0 spiro atoms. The Morgan fingerprint density at radius 3 is 2.15 bits per heavy atom. The maximum atomic E-state index is 13.3. The minimum absolute atomic E-state index is 0.0399. The summed E-state index contributed by atoms with van der Waals surface area (Å²) < 4.78 is 0. The molecule has 62 heavy (non-hydrogen) atoms. The van der Waals surface area contributed by atoms with Crippen LogP contribution >= 0.6 is 0 Å². The van der Waals surface area contributed by atoms with E-state index in [0.29, 0.717) is 81.1 Å². The van der Waals surface area contributed by atoms with Gasteiger partial charge in [-0.05, 0) is 190 Å². The van der Waals surface area contributed by atoms with Crippen LogP contribution in [0.25, 0.3) is 0 Å². The molecule has 2 amide bonds. The van der Waals surface area contributed by atoms with Crippen LogP contribution in [0.5, 0.6) is 0 Å². The summed E-state index contributed by atoms with van der Waals surface area (Å²) in [5.74, 6) is 8.20. The molecule has 0 heterocycles. The van der Waals surface area contributed by atoms with Crippen LogP contribution in [-0.4, -0.2) is 86.6 Å². The number of aliphatic hydroxyl groups is 5. The first-order valence-corrected chi connectivity index (χ1v) is 25.5. The zero-order valence-electron chi connectivity index (χ0n) is 39.8. The van der Waals surface area contributed by atoms with Crippen molar-refractivity contribution in [2.75, 3.05) is 13.2 Å². The monoisotopic (exact) mass is 872 g/mol. The molecule has 7 aliphatic carbocycles. The van der Waals surface area contributed by atoms with Crippen LogP contribution < -0.4 is 16.5 Å². The second-order valence-corrected chi connectivity index (χ2v) is 24.4. The molecule has 7 rings (SSSR count). The molecule has 356 valence electrons. The molecular formula is C51H89N3O8. The van der Waals surface area contributed by atoms with Gasteiger partial charge in [0.1, 0.15) is 0 Å². The van der Waals surface area contributed by atoms with E-state index in [-0.39, 0.29) is 94.0 Å². The fourth-order valence-electron chi connectivity index (χ4n) is 17.3. The van der Waals surface area contributed by atoms with E-state index in [2.05, 4.69) is 59.1 Å². The van der Waals surface area contributed by atoms with E-state index < -0.39 is 11.7 Å². The van der Waals surface area contributed by atoms with Crippen molar-refractivity contribution >= 4 is 11.8 Å². The van der Waals surface area contributed by atoms with Gasteiger partial charge in [0.15, 0.2) is 0 Å². The first kappa shape index (κ1) is 48.6. The van der Waals surface area contributed by atoms with Gasteiger partial charge in [-0.15, -0.1) is 0 Å². The molecule has 0 radical (unpaired) electrons. The maximum Gasteiger partial charge on any atom is 0.220 e. The number of rotatable bonds is 15. The van der Waals surface area contributed by atoms with Crippen molar-refractivity contribution in [2.24, 2.45) is 86.7 Å². The van der Waals surface area contributed by atoms with E-state index in [1.165, 1.54) is 0 Å². The predicted molar refractivity (Wildman–Crippen MR) is 241 cm³/mol. The van der Waals surface area contributed by atoms with E-state index in [4.69, 9.17) is 10.7 Å². The lowest BCUT2D eigenvalue weighted by Crippen LogP contribution is -2.65. The second-order valence-electron chi connectivity index (χ2n) is 24.4. The Labute approximate surface area is 374 Å². The number of hydrogen-bond acceptors (Lipinski definition) is 9. The molecule has 19 atom stereocenters. The highest BCUT2D eigenvalue weighted by Crippen LogP contribution is 2.70. The molecule has 19 unspecified atom stereocenters. The second kappa shape index (κ2) is 18.7. The van der Waals surface area contributed by atoms with Crippen LogP contribution in [-0.2, 0) is 14.4 Å². The lowest BCUT2D eigenvalue weighted by Gasteiger charge is -2.62. The van der Waals surface area contributed by atoms with E-state index in [1.54, 1.807) is 0 Å². The molecular weight excluding hydrogens is 783 g/mol. The molecule has 9 N–H and O–H groups in total. The van der Waals surface area contributed by atoms with Crippen molar-refractivity contribution in [1.82, 2.24) is 10.6 Å². The summed E-state index contributed by atoms with van der Waals surface area (Å²) in [6, 6.07) is -0.257. The third kappa shape index (κ3) is 8.94. The van der Waals surface area contributed by atoms with Crippen molar-refractivity contribution in [2.45, 2.75) is 213 Å².